The number of nitrogens with zero attached hydrogens (tertiary/aromatic N) is 4. The summed E-state index contributed by atoms with van der Waals surface area (Å²) in [4.78, 5) is 12.1. The molecule has 1 aromatic carbocycles. The van der Waals surface area contributed by atoms with Gasteiger partial charge in [-0.25, -0.2) is 4.98 Å². The normalized spacial score (nSPS) is 22.1. The van der Waals surface area contributed by atoms with E-state index >= 15 is 0 Å². The molecule has 178 valence electrons. The first-order valence-electron chi connectivity index (χ1n) is 11.3. The van der Waals surface area contributed by atoms with Crippen molar-refractivity contribution in [1.82, 2.24) is 9.97 Å². The molecule has 6 nitrogen and oxygen atoms in total. The molecule has 2 aromatic heterocycles. The lowest BCUT2D eigenvalue weighted by Gasteiger charge is -2.46. The highest BCUT2D eigenvalue weighted by Crippen LogP contribution is 2.50. The number of rotatable bonds is 6. The molecular weight excluding hydrogens is 461 g/mol. The second-order valence-corrected chi connectivity index (χ2v) is 10.4. The molecule has 0 unspecified atom stereocenters. The smallest absolute Gasteiger partial charge is 0.382 e. The van der Waals surface area contributed by atoms with Crippen molar-refractivity contribution in [1.29, 1.82) is 5.26 Å². The van der Waals surface area contributed by atoms with Gasteiger partial charge in [-0.2, -0.15) is 23.4 Å². The molecule has 1 saturated heterocycles. The molecule has 3 heterocycles. The van der Waals surface area contributed by atoms with E-state index in [1.165, 1.54) is 0 Å². The molecular formula is C24H25F3N6S. The van der Waals surface area contributed by atoms with Crippen LogP contribution in [-0.2, 0) is 12.8 Å². The van der Waals surface area contributed by atoms with E-state index in [4.69, 9.17) is 5.26 Å². The lowest BCUT2D eigenvalue weighted by Crippen LogP contribution is -2.46. The Balaban J connectivity index is 1.28. The van der Waals surface area contributed by atoms with Crippen LogP contribution >= 0.6 is 11.3 Å². The third kappa shape index (κ3) is 4.62. The quantitative estimate of drug-likeness (QED) is 0.488. The van der Waals surface area contributed by atoms with Crippen LogP contribution in [0.15, 0.2) is 30.3 Å². The zero-order valence-electron chi connectivity index (χ0n) is 18.7. The van der Waals surface area contributed by atoms with Gasteiger partial charge in [0.2, 0.25) is 5.95 Å². The Morgan fingerprint density at radius 1 is 1.24 bits per heavy atom. The molecule has 0 bridgehead atoms. The molecule has 1 aliphatic carbocycles. The summed E-state index contributed by atoms with van der Waals surface area (Å²) in [6.07, 6.45) is -1.67. The minimum Gasteiger partial charge on any atom is -0.382 e. The van der Waals surface area contributed by atoms with E-state index in [2.05, 4.69) is 31.6 Å². The van der Waals surface area contributed by atoms with Gasteiger partial charge in [-0.3, -0.25) is 0 Å². The molecule has 34 heavy (non-hydrogen) atoms. The van der Waals surface area contributed by atoms with Gasteiger partial charge >= 0.3 is 6.18 Å². The Labute approximate surface area is 199 Å². The summed E-state index contributed by atoms with van der Waals surface area (Å²) in [6, 6.07) is 12.1. The maximum atomic E-state index is 12.9. The van der Waals surface area contributed by atoms with Crippen molar-refractivity contribution in [3.05, 3.63) is 40.8 Å². The number of thiophene rings is 1. The monoisotopic (exact) mass is 486 g/mol. The molecule has 1 saturated carbocycles. The van der Waals surface area contributed by atoms with Gasteiger partial charge in [0.05, 0.1) is 24.3 Å². The van der Waals surface area contributed by atoms with E-state index in [1.54, 1.807) is 13.1 Å². The van der Waals surface area contributed by atoms with Gasteiger partial charge in [0.25, 0.3) is 0 Å². The highest BCUT2D eigenvalue weighted by Gasteiger charge is 2.49. The molecule has 1 spiro atoms. The van der Waals surface area contributed by atoms with Gasteiger partial charge in [0, 0.05) is 36.7 Å². The van der Waals surface area contributed by atoms with Crippen LogP contribution in [0.3, 0.4) is 0 Å². The minimum absolute atomic E-state index is 0.195. The Hall–Kier alpha value is -3.06. The Bertz CT molecular complexity index is 1220. The predicted octanol–water partition coefficient (Wildman–Crippen LogP) is 5.37. The van der Waals surface area contributed by atoms with Gasteiger partial charge in [0.15, 0.2) is 0 Å². The first kappa shape index (κ1) is 22.7. The Kier molecular flexibility index (Phi) is 5.76. The third-order valence-electron chi connectivity index (χ3n) is 6.73. The van der Waals surface area contributed by atoms with Crippen molar-refractivity contribution in [3.63, 3.8) is 0 Å². The molecule has 0 amide bonds. The van der Waals surface area contributed by atoms with Crippen molar-refractivity contribution in [2.75, 3.05) is 35.7 Å². The number of alkyl halides is 3. The van der Waals surface area contributed by atoms with Crippen molar-refractivity contribution >= 4 is 39.0 Å². The van der Waals surface area contributed by atoms with E-state index < -0.39 is 12.6 Å². The molecule has 2 N–H and O–H groups in total. The summed E-state index contributed by atoms with van der Waals surface area (Å²) < 4.78 is 38.8. The van der Waals surface area contributed by atoms with Crippen LogP contribution in [0.25, 0.3) is 10.2 Å². The standard InChI is InChI=1S/C24H25F3N6S/c1-29-22-31-20(19-10-18(13-24(25,26)27)34-21(19)32-22)33-9-7-23(14-33)11-17(12-23)30-16-4-2-15(3-5-16)6-8-28/h2-5,10,17,30H,6-7,9,11-14H2,1H3,(H,29,31,32). The molecule has 2 aliphatic rings. The summed E-state index contributed by atoms with van der Waals surface area (Å²) in [6.45, 7) is 1.67. The van der Waals surface area contributed by atoms with E-state index in [0.29, 0.717) is 28.6 Å². The highest BCUT2D eigenvalue weighted by molar-refractivity contribution is 7.18. The zero-order valence-corrected chi connectivity index (χ0v) is 19.6. The summed E-state index contributed by atoms with van der Waals surface area (Å²) in [5.41, 5.74) is 2.26. The fraction of sp³-hybridized carbons (Fsp3) is 0.458. The van der Waals surface area contributed by atoms with Gasteiger partial charge in [-0.15, -0.1) is 11.3 Å². The maximum absolute atomic E-state index is 12.9. The number of hydrogen-bond donors (Lipinski definition) is 2. The van der Waals surface area contributed by atoms with Crippen molar-refractivity contribution in [2.24, 2.45) is 5.41 Å². The van der Waals surface area contributed by atoms with Crippen LogP contribution in [-0.4, -0.2) is 42.3 Å². The summed E-state index contributed by atoms with van der Waals surface area (Å²) >= 11 is 1.09. The van der Waals surface area contributed by atoms with Crippen molar-refractivity contribution < 1.29 is 13.2 Å². The Morgan fingerprint density at radius 2 is 2.00 bits per heavy atom. The van der Waals surface area contributed by atoms with E-state index in [-0.39, 0.29) is 10.3 Å². The third-order valence-corrected chi connectivity index (χ3v) is 7.76. The van der Waals surface area contributed by atoms with E-state index in [1.807, 2.05) is 24.3 Å². The minimum atomic E-state index is -4.25. The zero-order chi connectivity index (χ0) is 23.9. The lowest BCUT2D eigenvalue weighted by atomic mass is 9.65. The number of anilines is 3. The van der Waals surface area contributed by atoms with Crippen LogP contribution < -0.4 is 15.5 Å². The molecule has 5 rings (SSSR count). The van der Waals surface area contributed by atoms with Crippen LogP contribution in [0.1, 0.15) is 29.7 Å². The molecule has 3 aromatic rings. The van der Waals surface area contributed by atoms with Crippen molar-refractivity contribution in [2.45, 2.75) is 44.3 Å². The van der Waals surface area contributed by atoms with Crippen LogP contribution in [0, 0.1) is 16.7 Å². The lowest BCUT2D eigenvalue weighted by molar-refractivity contribution is -0.126. The number of nitriles is 1. The highest BCUT2D eigenvalue weighted by atomic mass is 32.1. The SMILES string of the molecule is CNc1nc(N2CCC3(CC(Nc4ccc(CC#N)cc4)C3)C2)c2cc(CC(F)(F)F)sc2n1. The largest absolute Gasteiger partial charge is 0.393 e. The topological polar surface area (TPSA) is 76.9 Å². The van der Waals surface area contributed by atoms with Gasteiger partial charge in [-0.05, 0) is 48.4 Å². The van der Waals surface area contributed by atoms with Crippen LogP contribution in [0.2, 0.25) is 0 Å². The van der Waals surface area contributed by atoms with Gasteiger partial charge in [-0.1, -0.05) is 12.1 Å². The maximum Gasteiger partial charge on any atom is 0.393 e. The molecule has 1 aliphatic heterocycles. The second-order valence-electron chi connectivity index (χ2n) is 9.30. The fourth-order valence-corrected chi connectivity index (χ4v) is 6.23. The van der Waals surface area contributed by atoms with Crippen LogP contribution in [0.4, 0.5) is 30.6 Å². The van der Waals surface area contributed by atoms with Crippen molar-refractivity contribution in [3.8, 4) is 6.07 Å². The number of hydrogen-bond acceptors (Lipinski definition) is 7. The molecule has 10 heteroatoms. The number of benzene rings is 1. The molecule has 2 fully saturated rings. The average molecular weight is 487 g/mol. The second kappa shape index (κ2) is 8.62. The number of fused-ring (bicyclic) bond motifs is 1. The summed E-state index contributed by atoms with van der Waals surface area (Å²) in [5, 5.41) is 16.0. The Morgan fingerprint density at radius 3 is 2.68 bits per heavy atom. The van der Waals surface area contributed by atoms with Gasteiger partial charge in [0.1, 0.15) is 10.6 Å². The summed E-state index contributed by atoms with van der Waals surface area (Å²) in [7, 11) is 1.72. The van der Waals surface area contributed by atoms with Crippen LogP contribution in [0.5, 0.6) is 0 Å². The first-order valence-corrected chi connectivity index (χ1v) is 12.1. The number of nitrogens with one attached hydrogen (secondary N) is 2. The van der Waals surface area contributed by atoms with E-state index in [9.17, 15) is 13.2 Å². The van der Waals surface area contributed by atoms with E-state index in [0.717, 1.165) is 60.8 Å². The number of halogens is 3. The summed E-state index contributed by atoms with van der Waals surface area (Å²) in [5.74, 6) is 1.15. The molecule has 0 atom stereocenters. The number of aromatic nitrogens is 2. The fourth-order valence-electron chi connectivity index (χ4n) is 5.18. The predicted molar refractivity (Wildman–Crippen MR) is 128 cm³/mol. The average Bonchev–Trinajstić information content (AvgIpc) is 3.37. The van der Waals surface area contributed by atoms with Gasteiger partial charge < -0.3 is 15.5 Å². The molecule has 0 radical (unpaired) electrons. The first-order chi connectivity index (χ1) is 16.3.